The van der Waals surface area contributed by atoms with Crippen molar-refractivity contribution in [2.75, 3.05) is 5.32 Å². The number of imidazole rings is 1. The zero-order chi connectivity index (χ0) is 27.2. The van der Waals surface area contributed by atoms with Crippen molar-refractivity contribution in [2.24, 2.45) is 13.0 Å². The van der Waals surface area contributed by atoms with E-state index in [9.17, 15) is 22.4 Å². The lowest BCUT2D eigenvalue weighted by Crippen LogP contribution is -2.28. The summed E-state index contributed by atoms with van der Waals surface area (Å²) >= 11 is 0. The molecule has 3 aromatic carbocycles. The number of aryl methyl sites for hydroxylation is 3. The molecule has 2 atom stereocenters. The van der Waals surface area contributed by atoms with E-state index in [2.05, 4.69) is 58.2 Å². The molecule has 1 aliphatic carbocycles. The number of nitrogens with one attached hydrogen (secondary N) is 1. The molecule has 198 valence electrons. The molecule has 1 amide bonds. The van der Waals surface area contributed by atoms with Crippen LogP contribution in [0.3, 0.4) is 0 Å². The fraction of sp³-hybridized carbons (Fsp3) is 0.333. The number of anilines is 1. The summed E-state index contributed by atoms with van der Waals surface area (Å²) in [5, 5.41) is 2.51. The Kier molecular flexibility index (Phi) is 6.75. The Morgan fingerprint density at radius 3 is 2.45 bits per heavy atom. The fourth-order valence-corrected chi connectivity index (χ4v) is 5.55. The summed E-state index contributed by atoms with van der Waals surface area (Å²) in [6, 6.07) is 14.8. The molecule has 1 fully saturated rings. The molecule has 0 aliphatic heterocycles. The first-order chi connectivity index (χ1) is 18.0. The van der Waals surface area contributed by atoms with Crippen molar-refractivity contribution in [1.82, 2.24) is 9.55 Å². The fourth-order valence-electron chi connectivity index (χ4n) is 5.55. The van der Waals surface area contributed by atoms with Crippen molar-refractivity contribution in [1.29, 1.82) is 0 Å². The normalized spacial score (nSPS) is 18.1. The third-order valence-corrected chi connectivity index (χ3v) is 7.75. The zero-order valence-electron chi connectivity index (χ0n) is 21.5. The van der Waals surface area contributed by atoms with Crippen LogP contribution in [0.2, 0.25) is 0 Å². The molecule has 4 aromatic rings. The van der Waals surface area contributed by atoms with Crippen LogP contribution in [0.5, 0.6) is 0 Å². The Hall–Kier alpha value is -3.68. The minimum atomic E-state index is -4.64. The molecular formula is C30H29F4N3O. The van der Waals surface area contributed by atoms with Crippen LogP contribution in [0, 0.1) is 25.6 Å². The maximum Gasteiger partial charge on any atom is 0.416 e. The monoisotopic (exact) mass is 523 g/mol. The predicted molar refractivity (Wildman–Crippen MR) is 140 cm³/mol. The van der Waals surface area contributed by atoms with Crippen molar-refractivity contribution in [3.05, 3.63) is 82.9 Å². The molecule has 1 aliphatic rings. The standard InChI is InChI=1S/C30H29F4N3O/c1-17-13-19(20-8-12-28-27(15-20)35-18(2)37(28)3)7-10-24(17)21-5-4-6-22(14-21)29(38)36-26-11-9-23(16-25(26)31)30(32,33)34/h7-13,15-16,21-22H,4-6,14H2,1-3H3,(H,36,38). The first-order valence-corrected chi connectivity index (χ1v) is 12.7. The van der Waals surface area contributed by atoms with Crippen molar-refractivity contribution < 1.29 is 22.4 Å². The van der Waals surface area contributed by atoms with Gasteiger partial charge in [0.1, 0.15) is 11.6 Å². The van der Waals surface area contributed by atoms with Gasteiger partial charge in [-0.3, -0.25) is 4.79 Å². The molecule has 8 heteroatoms. The van der Waals surface area contributed by atoms with Crippen LogP contribution in [-0.2, 0) is 18.0 Å². The van der Waals surface area contributed by atoms with Gasteiger partial charge in [0.2, 0.25) is 5.91 Å². The third-order valence-electron chi connectivity index (χ3n) is 7.75. The number of halogens is 4. The zero-order valence-corrected chi connectivity index (χ0v) is 21.5. The summed E-state index contributed by atoms with van der Waals surface area (Å²) in [5.74, 6) is -0.663. The van der Waals surface area contributed by atoms with E-state index in [0.29, 0.717) is 18.9 Å². The molecule has 0 saturated heterocycles. The highest BCUT2D eigenvalue weighted by Crippen LogP contribution is 2.39. The molecule has 1 N–H and O–H groups in total. The molecule has 1 saturated carbocycles. The third kappa shape index (κ3) is 5.04. The van der Waals surface area contributed by atoms with E-state index in [1.165, 1.54) is 5.56 Å². The number of alkyl halides is 3. The second-order valence-corrected chi connectivity index (χ2v) is 10.2. The average molecular weight is 524 g/mol. The Balaban J connectivity index is 1.30. The van der Waals surface area contributed by atoms with Gasteiger partial charge in [0, 0.05) is 13.0 Å². The maximum absolute atomic E-state index is 14.3. The topological polar surface area (TPSA) is 46.9 Å². The second-order valence-electron chi connectivity index (χ2n) is 10.2. The van der Waals surface area contributed by atoms with Gasteiger partial charge in [-0.1, -0.05) is 30.7 Å². The van der Waals surface area contributed by atoms with E-state index in [1.807, 2.05) is 14.0 Å². The van der Waals surface area contributed by atoms with Crippen molar-refractivity contribution in [2.45, 2.75) is 51.6 Å². The van der Waals surface area contributed by atoms with Gasteiger partial charge in [0.15, 0.2) is 0 Å². The van der Waals surface area contributed by atoms with Crippen molar-refractivity contribution in [3.63, 3.8) is 0 Å². The second kappa shape index (κ2) is 9.89. The average Bonchev–Trinajstić information content (AvgIpc) is 3.17. The largest absolute Gasteiger partial charge is 0.416 e. The smallest absolute Gasteiger partial charge is 0.331 e. The van der Waals surface area contributed by atoms with Gasteiger partial charge in [-0.25, -0.2) is 9.37 Å². The summed E-state index contributed by atoms with van der Waals surface area (Å²) in [5.41, 5.74) is 5.23. The van der Waals surface area contributed by atoms with Gasteiger partial charge >= 0.3 is 6.18 Å². The number of aromatic nitrogens is 2. The SMILES string of the molecule is Cc1cc(-c2ccc3c(c2)nc(C)n3C)ccc1C1CCCC(C(=O)Nc2ccc(C(F)(F)F)cc2F)C1. The Morgan fingerprint density at radius 2 is 1.74 bits per heavy atom. The molecule has 1 aromatic heterocycles. The summed E-state index contributed by atoms with van der Waals surface area (Å²) in [6.45, 7) is 4.06. The number of nitrogens with zero attached hydrogens (tertiary/aromatic N) is 2. The number of carbonyl (C=O) groups excluding carboxylic acids is 1. The van der Waals surface area contributed by atoms with E-state index in [1.54, 1.807) is 0 Å². The van der Waals surface area contributed by atoms with Crippen LogP contribution in [0.25, 0.3) is 22.2 Å². The van der Waals surface area contributed by atoms with Gasteiger partial charge < -0.3 is 9.88 Å². The van der Waals surface area contributed by atoms with Gasteiger partial charge in [0.05, 0.1) is 22.3 Å². The Bertz CT molecular complexity index is 1520. The highest BCUT2D eigenvalue weighted by molar-refractivity contribution is 5.92. The maximum atomic E-state index is 14.3. The molecule has 0 bridgehead atoms. The molecule has 1 heterocycles. The number of fused-ring (bicyclic) bond motifs is 1. The minimum Gasteiger partial charge on any atom is -0.331 e. The lowest BCUT2D eigenvalue weighted by atomic mass is 9.76. The number of rotatable bonds is 4. The summed E-state index contributed by atoms with van der Waals surface area (Å²) in [7, 11) is 2.00. The highest BCUT2D eigenvalue weighted by atomic mass is 19.4. The Labute approximate surface area is 218 Å². The first kappa shape index (κ1) is 25.9. The molecule has 5 rings (SSSR count). The van der Waals surface area contributed by atoms with Crippen LogP contribution in [-0.4, -0.2) is 15.5 Å². The number of hydrogen-bond donors (Lipinski definition) is 1. The number of carbonyl (C=O) groups is 1. The minimum absolute atomic E-state index is 0.173. The molecular weight excluding hydrogens is 494 g/mol. The molecule has 4 nitrogen and oxygen atoms in total. The van der Waals surface area contributed by atoms with Crippen LogP contribution < -0.4 is 5.32 Å². The van der Waals surface area contributed by atoms with Crippen LogP contribution in [0.1, 0.15) is 54.1 Å². The number of benzene rings is 3. The van der Waals surface area contributed by atoms with Gasteiger partial charge in [-0.05, 0) is 91.6 Å². The molecule has 0 radical (unpaired) electrons. The van der Waals surface area contributed by atoms with Gasteiger partial charge in [0.25, 0.3) is 0 Å². The summed E-state index contributed by atoms with van der Waals surface area (Å²) in [4.78, 5) is 17.6. The highest BCUT2D eigenvalue weighted by Gasteiger charge is 2.32. The predicted octanol–water partition coefficient (Wildman–Crippen LogP) is 7.93. The lowest BCUT2D eigenvalue weighted by Gasteiger charge is -2.30. The van der Waals surface area contributed by atoms with E-state index < -0.39 is 17.6 Å². The number of amides is 1. The van der Waals surface area contributed by atoms with E-state index >= 15 is 0 Å². The van der Waals surface area contributed by atoms with Crippen LogP contribution in [0.15, 0.2) is 54.6 Å². The quantitative estimate of drug-likeness (QED) is 0.276. The van der Waals surface area contributed by atoms with Crippen LogP contribution >= 0.6 is 0 Å². The lowest BCUT2D eigenvalue weighted by molar-refractivity contribution is -0.137. The van der Waals surface area contributed by atoms with E-state index in [-0.39, 0.29) is 23.4 Å². The molecule has 2 unspecified atom stereocenters. The van der Waals surface area contributed by atoms with Crippen LogP contribution in [0.4, 0.5) is 23.2 Å². The summed E-state index contributed by atoms with van der Waals surface area (Å²) < 4.78 is 54.8. The van der Waals surface area contributed by atoms with Crippen molar-refractivity contribution >= 4 is 22.6 Å². The van der Waals surface area contributed by atoms with Gasteiger partial charge in [-0.2, -0.15) is 13.2 Å². The first-order valence-electron chi connectivity index (χ1n) is 12.7. The van der Waals surface area contributed by atoms with E-state index in [4.69, 9.17) is 0 Å². The molecule has 0 spiro atoms. The molecule has 38 heavy (non-hydrogen) atoms. The van der Waals surface area contributed by atoms with E-state index in [0.717, 1.165) is 58.5 Å². The number of hydrogen-bond acceptors (Lipinski definition) is 2. The van der Waals surface area contributed by atoms with Gasteiger partial charge in [-0.15, -0.1) is 0 Å². The van der Waals surface area contributed by atoms with Crippen molar-refractivity contribution in [3.8, 4) is 11.1 Å². The Morgan fingerprint density at radius 1 is 1.00 bits per heavy atom. The summed E-state index contributed by atoms with van der Waals surface area (Å²) in [6.07, 6.45) is -1.59.